The fourth-order valence-electron chi connectivity index (χ4n) is 5.87. The maximum absolute atomic E-state index is 11.0. The van der Waals surface area contributed by atoms with Crippen LogP contribution in [0.25, 0.3) is 0 Å². The van der Waals surface area contributed by atoms with Crippen molar-refractivity contribution in [2.75, 3.05) is 19.8 Å². The molecule has 1 aliphatic heterocycles. The van der Waals surface area contributed by atoms with Crippen molar-refractivity contribution in [1.29, 1.82) is 0 Å². The molecule has 266 valence electrons. The third kappa shape index (κ3) is 11.9. The van der Waals surface area contributed by atoms with Gasteiger partial charge in [0.15, 0.2) is 0 Å². The van der Waals surface area contributed by atoms with Gasteiger partial charge in [-0.1, -0.05) is 151 Å². The Morgan fingerprint density at radius 1 is 0.490 bits per heavy atom. The van der Waals surface area contributed by atoms with Crippen LogP contribution in [0, 0.1) is 0 Å². The molecule has 0 spiro atoms. The molecule has 0 aliphatic carbocycles. The molecule has 8 heteroatoms. The molecule has 6 rings (SSSR count). The van der Waals surface area contributed by atoms with Crippen LogP contribution >= 0.6 is 11.8 Å². The zero-order valence-corrected chi connectivity index (χ0v) is 29.5. The first-order valence-electron chi connectivity index (χ1n) is 17.4. The lowest BCUT2D eigenvalue weighted by Gasteiger charge is -2.46. The van der Waals surface area contributed by atoms with E-state index in [2.05, 4.69) is 12.1 Å². The average Bonchev–Trinajstić information content (AvgIpc) is 3.18. The Labute approximate surface area is 305 Å². The van der Waals surface area contributed by atoms with Crippen LogP contribution in [0.5, 0.6) is 0 Å². The lowest BCUT2D eigenvalue weighted by Crippen LogP contribution is -2.60. The van der Waals surface area contributed by atoms with E-state index in [0.717, 1.165) is 27.1 Å². The normalized spacial score (nSPS) is 20.9. The maximum Gasteiger partial charge on any atom is 0.137 e. The first-order chi connectivity index (χ1) is 25.2. The maximum atomic E-state index is 11.0. The topological polar surface area (TPSA) is 75.6 Å². The summed E-state index contributed by atoms with van der Waals surface area (Å²) in [5, 5.41) is 11.0. The molecule has 1 saturated heterocycles. The van der Waals surface area contributed by atoms with E-state index in [-0.39, 0.29) is 19.8 Å². The van der Waals surface area contributed by atoms with Gasteiger partial charge in [-0.25, -0.2) is 0 Å². The number of aliphatic hydroxyl groups is 1. The van der Waals surface area contributed by atoms with Crippen molar-refractivity contribution in [2.24, 2.45) is 0 Å². The van der Waals surface area contributed by atoms with Gasteiger partial charge in [0.05, 0.1) is 46.2 Å². The fourth-order valence-corrected chi connectivity index (χ4v) is 7.01. The second-order valence-corrected chi connectivity index (χ2v) is 13.6. The smallest absolute Gasteiger partial charge is 0.137 e. The number of rotatable bonds is 19. The van der Waals surface area contributed by atoms with E-state index in [1.165, 1.54) is 0 Å². The third-order valence-electron chi connectivity index (χ3n) is 8.45. The molecule has 0 bridgehead atoms. The minimum Gasteiger partial charge on any atom is -0.388 e. The molecule has 1 aliphatic rings. The average molecular weight is 707 g/mol. The molecule has 0 radical (unpaired) electrons. The minimum atomic E-state index is -0.866. The van der Waals surface area contributed by atoms with E-state index in [1.807, 2.05) is 140 Å². The standard InChI is InChI=1S/C43H46O7S/c44-37(30-45-26-33-16-6-1-7-17-33)31-49-40-39(32-46-27-34-18-8-2-9-19-34)50-43(51-38-24-14-5-15-25-38)42(48-29-36-22-12-4-13-23-36)41(40)47-28-35-20-10-3-11-21-35/h1-25,37,39-44H,26-32H2/t37-,39+,40+,41-,42+,43-/m0/s1. The molecule has 0 amide bonds. The van der Waals surface area contributed by atoms with Crippen LogP contribution in [0.15, 0.2) is 157 Å². The highest BCUT2D eigenvalue weighted by atomic mass is 32.2. The number of hydrogen-bond donors (Lipinski definition) is 1. The van der Waals surface area contributed by atoms with Gasteiger partial charge in [-0.15, -0.1) is 0 Å². The number of thioether (sulfide) groups is 1. The highest BCUT2D eigenvalue weighted by molar-refractivity contribution is 7.99. The number of aliphatic hydroxyl groups excluding tert-OH is 1. The summed E-state index contributed by atoms with van der Waals surface area (Å²) in [6, 6.07) is 50.3. The first-order valence-corrected chi connectivity index (χ1v) is 18.3. The predicted octanol–water partition coefficient (Wildman–Crippen LogP) is 7.85. The van der Waals surface area contributed by atoms with Crippen LogP contribution in [0.2, 0.25) is 0 Å². The second-order valence-electron chi connectivity index (χ2n) is 12.4. The van der Waals surface area contributed by atoms with E-state index in [4.69, 9.17) is 28.4 Å². The van der Waals surface area contributed by atoms with Gasteiger partial charge in [-0.2, -0.15) is 0 Å². The zero-order chi connectivity index (χ0) is 34.9. The van der Waals surface area contributed by atoms with Crippen molar-refractivity contribution >= 4 is 11.8 Å². The van der Waals surface area contributed by atoms with Crippen molar-refractivity contribution in [3.8, 4) is 0 Å². The molecule has 6 atom stereocenters. The van der Waals surface area contributed by atoms with Crippen LogP contribution < -0.4 is 0 Å². The summed E-state index contributed by atoms with van der Waals surface area (Å²) >= 11 is 1.59. The molecule has 0 unspecified atom stereocenters. The van der Waals surface area contributed by atoms with Gasteiger partial charge in [0.1, 0.15) is 36.0 Å². The molecule has 5 aromatic rings. The van der Waals surface area contributed by atoms with Crippen LogP contribution in [-0.2, 0) is 54.8 Å². The van der Waals surface area contributed by atoms with Gasteiger partial charge < -0.3 is 33.5 Å². The molecule has 0 saturated carbocycles. The Kier molecular flexibility index (Phi) is 14.7. The second kappa shape index (κ2) is 20.3. The highest BCUT2D eigenvalue weighted by Gasteiger charge is 2.49. The third-order valence-corrected chi connectivity index (χ3v) is 9.61. The van der Waals surface area contributed by atoms with Crippen molar-refractivity contribution < 1.29 is 33.5 Å². The first kappa shape index (κ1) is 36.9. The molecule has 1 N–H and O–H groups in total. The molecule has 1 fully saturated rings. The summed E-state index contributed by atoms with van der Waals surface area (Å²) in [7, 11) is 0. The van der Waals surface area contributed by atoms with Gasteiger partial charge in [0.25, 0.3) is 0 Å². The summed E-state index contributed by atoms with van der Waals surface area (Å²) in [6.07, 6.45) is -3.10. The van der Waals surface area contributed by atoms with E-state index in [0.29, 0.717) is 26.4 Å². The molecule has 51 heavy (non-hydrogen) atoms. The Balaban J connectivity index is 1.25. The highest BCUT2D eigenvalue weighted by Crippen LogP contribution is 2.38. The Hall–Kier alpha value is -3.83. The van der Waals surface area contributed by atoms with Crippen LogP contribution in [0.3, 0.4) is 0 Å². The lowest BCUT2D eigenvalue weighted by atomic mass is 9.99. The van der Waals surface area contributed by atoms with Gasteiger partial charge in [0, 0.05) is 4.90 Å². The molecule has 1 heterocycles. The monoisotopic (exact) mass is 706 g/mol. The van der Waals surface area contributed by atoms with E-state index in [1.54, 1.807) is 11.8 Å². The quantitative estimate of drug-likeness (QED) is 0.0931. The number of hydrogen-bond acceptors (Lipinski definition) is 8. The van der Waals surface area contributed by atoms with Crippen LogP contribution in [0.1, 0.15) is 22.3 Å². The van der Waals surface area contributed by atoms with Gasteiger partial charge in [-0.3, -0.25) is 0 Å². The Bertz CT molecular complexity index is 1650. The van der Waals surface area contributed by atoms with Crippen molar-refractivity contribution in [1.82, 2.24) is 0 Å². The Morgan fingerprint density at radius 3 is 1.47 bits per heavy atom. The largest absolute Gasteiger partial charge is 0.388 e. The van der Waals surface area contributed by atoms with E-state index < -0.39 is 36.0 Å². The SMILES string of the molecule is O[C@@H](COCc1ccccc1)CO[C@H]1[C@H](OCc2ccccc2)[C@@H](OCc2ccccc2)[C@H](Sc2ccccc2)O[C@@H]1COCc1ccccc1. The number of ether oxygens (including phenoxy) is 6. The Morgan fingerprint density at radius 2 is 0.941 bits per heavy atom. The predicted molar refractivity (Wildman–Crippen MR) is 199 cm³/mol. The van der Waals surface area contributed by atoms with E-state index >= 15 is 0 Å². The molecule has 0 aromatic heterocycles. The zero-order valence-electron chi connectivity index (χ0n) is 28.7. The molecule has 5 aromatic carbocycles. The summed E-state index contributed by atoms with van der Waals surface area (Å²) in [5.41, 5.74) is 3.73. The summed E-state index contributed by atoms with van der Waals surface area (Å²) in [5.74, 6) is 0. The summed E-state index contributed by atoms with van der Waals surface area (Å²) < 4.78 is 39.2. The minimum absolute atomic E-state index is 0.0189. The van der Waals surface area contributed by atoms with Gasteiger partial charge in [0.2, 0.25) is 0 Å². The summed E-state index contributed by atoms with van der Waals surface area (Å²) in [6.45, 7) is 1.92. The molecule has 7 nitrogen and oxygen atoms in total. The van der Waals surface area contributed by atoms with Crippen molar-refractivity contribution in [3.05, 3.63) is 174 Å². The van der Waals surface area contributed by atoms with Gasteiger partial charge >= 0.3 is 0 Å². The fraction of sp³-hybridized carbons (Fsp3) is 0.302. The molecular formula is C43H46O7S. The van der Waals surface area contributed by atoms with Crippen molar-refractivity contribution in [2.45, 2.75) is 67.3 Å². The van der Waals surface area contributed by atoms with Crippen LogP contribution in [0.4, 0.5) is 0 Å². The van der Waals surface area contributed by atoms with Gasteiger partial charge in [-0.05, 0) is 34.4 Å². The van der Waals surface area contributed by atoms with Crippen molar-refractivity contribution in [3.63, 3.8) is 0 Å². The summed E-state index contributed by atoms with van der Waals surface area (Å²) in [4.78, 5) is 1.05. The van der Waals surface area contributed by atoms with Crippen LogP contribution in [-0.4, -0.2) is 60.9 Å². The number of benzene rings is 5. The molecular weight excluding hydrogens is 661 g/mol. The lowest BCUT2D eigenvalue weighted by molar-refractivity contribution is -0.256. The van der Waals surface area contributed by atoms with E-state index in [9.17, 15) is 5.11 Å².